The molecular weight excluding hydrogens is 670 g/mol. The number of esters is 1. The molecule has 0 bridgehead atoms. The number of carbonyl (C=O) groups excluding carboxylic acids is 7. The summed E-state index contributed by atoms with van der Waals surface area (Å²) in [5.41, 5.74) is 0.796. The van der Waals surface area contributed by atoms with Gasteiger partial charge in [-0.05, 0) is 55.9 Å². The van der Waals surface area contributed by atoms with E-state index in [1.165, 1.54) is 11.0 Å². The molecule has 1 aromatic carbocycles. The third-order valence-electron chi connectivity index (χ3n) is 9.24. The molecule has 1 aromatic rings. The third kappa shape index (κ3) is 13.1. The Morgan fingerprint density at radius 2 is 1.62 bits per heavy atom. The molecule has 4 atom stereocenters. The smallest absolute Gasteiger partial charge is 0.408 e. The summed E-state index contributed by atoms with van der Waals surface area (Å²) >= 11 is 0. The molecule has 4 N–H and O–H groups in total. The van der Waals surface area contributed by atoms with Crippen molar-refractivity contribution in [3.63, 3.8) is 0 Å². The number of Topliss-reactive ketones (excluding diaryl/α,β-unsaturated/α-hetero) is 1. The van der Waals surface area contributed by atoms with E-state index >= 15 is 0 Å². The quantitative estimate of drug-likeness (QED) is 0.0944. The third-order valence-corrected chi connectivity index (χ3v) is 9.24. The molecule has 286 valence electrons. The van der Waals surface area contributed by atoms with E-state index in [0.717, 1.165) is 24.8 Å². The van der Waals surface area contributed by atoms with Crippen LogP contribution in [-0.2, 0) is 44.8 Å². The summed E-state index contributed by atoms with van der Waals surface area (Å²) in [7, 11) is 0. The fraction of sp³-hybridized carbons (Fsp3) is 0.605. The Hall–Kier alpha value is -4.75. The van der Waals surface area contributed by atoms with E-state index in [2.05, 4.69) is 27.8 Å². The minimum Gasteiger partial charge on any atom is -0.460 e. The van der Waals surface area contributed by atoms with Crippen molar-refractivity contribution >= 4 is 41.5 Å². The summed E-state index contributed by atoms with van der Waals surface area (Å²) in [6.07, 6.45) is 6.65. The molecule has 1 aliphatic heterocycles. The lowest BCUT2D eigenvalue weighted by molar-refractivity contribution is -0.146. The molecule has 0 aromatic heterocycles. The Kier molecular flexibility index (Phi) is 17.3. The topological polar surface area (TPSA) is 189 Å². The molecular formula is C38H55N5O9. The predicted molar refractivity (Wildman–Crippen MR) is 192 cm³/mol. The minimum atomic E-state index is -1.17. The first-order valence-electron chi connectivity index (χ1n) is 18.4. The monoisotopic (exact) mass is 725 g/mol. The average Bonchev–Trinajstić information content (AvgIpc) is 3.64. The molecule has 1 aliphatic carbocycles. The van der Waals surface area contributed by atoms with Crippen LogP contribution in [0, 0.1) is 11.8 Å². The summed E-state index contributed by atoms with van der Waals surface area (Å²) in [5.74, 6) is -4.33. The number of rotatable bonds is 19. The summed E-state index contributed by atoms with van der Waals surface area (Å²) < 4.78 is 10.2. The number of hydrogen-bond acceptors (Lipinski definition) is 9. The number of hydrogen-bond donors (Lipinski definition) is 4. The molecule has 2 aliphatic rings. The first-order valence-corrected chi connectivity index (χ1v) is 18.4. The second kappa shape index (κ2) is 21.6. The molecule has 14 heteroatoms. The number of ether oxygens (including phenoxy) is 2. The van der Waals surface area contributed by atoms with Crippen LogP contribution in [0.15, 0.2) is 43.0 Å². The number of carbonyl (C=O) groups is 7. The Morgan fingerprint density at radius 1 is 0.904 bits per heavy atom. The summed E-state index contributed by atoms with van der Waals surface area (Å²) in [4.78, 5) is 93.5. The average molecular weight is 726 g/mol. The molecule has 14 nitrogen and oxygen atoms in total. The van der Waals surface area contributed by atoms with E-state index in [9.17, 15) is 33.6 Å². The molecule has 52 heavy (non-hydrogen) atoms. The Morgan fingerprint density at radius 3 is 2.27 bits per heavy atom. The van der Waals surface area contributed by atoms with Crippen LogP contribution in [0.4, 0.5) is 4.79 Å². The van der Waals surface area contributed by atoms with Gasteiger partial charge in [0.05, 0.1) is 6.04 Å². The Labute approximate surface area is 306 Å². The maximum atomic E-state index is 14.3. The van der Waals surface area contributed by atoms with Gasteiger partial charge < -0.3 is 35.6 Å². The highest BCUT2D eigenvalue weighted by Crippen LogP contribution is 2.29. The van der Waals surface area contributed by atoms with Crippen LogP contribution in [-0.4, -0.2) is 90.2 Å². The van der Waals surface area contributed by atoms with Gasteiger partial charge in [-0.2, -0.15) is 0 Å². The highest BCUT2D eigenvalue weighted by Gasteiger charge is 2.42. The van der Waals surface area contributed by atoms with Crippen LogP contribution >= 0.6 is 0 Å². The van der Waals surface area contributed by atoms with Gasteiger partial charge in [0.2, 0.25) is 23.5 Å². The van der Waals surface area contributed by atoms with Gasteiger partial charge in [0.25, 0.3) is 5.91 Å². The standard InChI is InChI=1S/C38H55N5O9/c1-5-14-28(33(45)36(48)39-23-31(44)51-21-6-2)40-35(47)30-19-13-20-43(30)37(49)32(27-17-11-8-12-18-27)42-34(46)29(22-25(3)4)41-38(50)52-24-26-15-9-7-10-16-26/h6-7,9-10,15-16,25,27-30,32H,2,5,8,11-14,17-24H2,1,3-4H3,(H,39,48)(H,40,47)(H,41,50)(H,42,46)/t28?,29-,30-,32-/m0/s1. The van der Waals surface area contributed by atoms with E-state index in [-0.39, 0.29) is 38.0 Å². The van der Waals surface area contributed by atoms with Crippen molar-refractivity contribution in [1.29, 1.82) is 0 Å². The SMILES string of the molecule is C=CCOC(=O)CNC(=O)C(=O)C(CCC)NC(=O)[C@@H]1CCCN1C(=O)[C@@H](NC(=O)[C@H](CC(C)C)NC(=O)OCc1ccccc1)C1CCCCC1. The van der Waals surface area contributed by atoms with Gasteiger partial charge in [-0.3, -0.25) is 28.8 Å². The van der Waals surface area contributed by atoms with Gasteiger partial charge in [-0.1, -0.05) is 89.4 Å². The van der Waals surface area contributed by atoms with Crippen LogP contribution in [0.2, 0.25) is 0 Å². The zero-order chi connectivity index (χ0) is 38.0. The van der Waals surface area contributed by atoms with Crippen LogP contribution in [0.5, 0.6) is 0 Å². The lowest BCUT2D eigenvalue weighted by Crippen LogP contribution is -2.60. The van der Waals surface area contributed by atoms with Gasteiger partial charge in [0, 0.05) is 6.54 Å². The molecule has 5 amide bonds. The second-order valence-electron chi connectivity index (χ2n) is 13.8. The minimum absolute atomic E-state index is 0.0321. The van der Waals surface area contributed by atoms with Gasteiger partial charge in [0.15, 0.2) is 0 Å². The van der Waals surface area contributed by atoms with Crippen LogP contribution < -0.4 is 21.3 Å². The van der Waals surface area contributed by atoms with Crippen molar-refractivity contribution in [1.82, 2.24) is 26.2 Å². The Bertz CT molecular complexity index is 1400. The predicted octanol–water partition coefficient (Wildman–Crippen LogP) is 3.08. The van der Waals surface area contributed by atoms with Crippen molar-refractivity contribution in [3.8, 4) is 0 Å². The van der Waals surface area contributed by atoms with Gasteiger partial charge in [-0.15, -0.1) is 0 Å². The molecule has 3 rings (SSSR count). The fourth-order valence-electron chi connectivity index (χ4n) is 6.62. The molecule has 2 fully saturated rings. The molecule has 0 radical (unpaired) electrons. The number of alkyl carbamates (subject to hydrolysis) is 1. The largest absolute Gasteiger partial charge is 0.460 e. The maximum Gasteiger partial charge on any atom is 0.408 e. The maximum absolute atomic E-state index is 14.3. The summed E-state index contributed by atoms with van der Waals surface area (Å²) in [6, 6.07) is 5.18. The van der Waals surface area contributed by atoms with Crippen molar-refractivity contribution < 1.29 is 43.0 Å². The highest BCUT2D eigenvalue weighted by atomic mass is 16.5. The molecule has 0 spiro atoms. The van der Waals surface area contributed by atoms with E-state index < -0.39 is 72.2 Å². The van der Waals surface area contributed by atoms with Crippen LogP contribution in [0.1, 0.15) is 90.5 Å². The van der Waals surface area contributed by atoms with Crippen molar-refractivity contribution in [2.75, 3.05) is 19.7 Å². The lowest BCUT2D eigenvalue weighted by atomic mass is 9.83. The molecule has 1 saturated carbocycles. The number of ketones is 1. The number of nitrogens with one attached hydrogen (secondary N) is 4. The van der Waals surface area contributed by atoms with Crippen molar-refractivity contribution in [2.45, 2.75) is 116 Å². The van der Waals surface area contributed by atoms with Gasteiger partial charge in [-0.25, -0.2) is 4.79 Å². The normalized spacial score (nSPS) is 17.6. The highest BCUT2D eigenvalue weighted by molar-refractivity contribution is 6.38. The summed E-state index contributed by atoms with van der Waals surface area (Å²) in [5, 5.41) is 10.5. The molecule has 1 heterocycles. The first kappa shape index (κ1) is 41.7. The van der Waals surface area contributed by atoms with Crippen LogP contribution in [0.25, 0.3) is 0 Å². The van der Waals surface area contributed by atoms with Crippen LogP contribution in [0.3, 0.4) is 0 Å². The van der Waals surface area contributed by atoms with Crippen molar-refractivity contribution in [3.05, 3.63) is 48.6 Å². The zero-order valence-electron chi connectivity index (χ0n) is 30.7. The number of benzene rings is 1. The number of nitrogens with zero attached hydrogens (tertiary/aromatic N) is 1. The number of amides is 5. The van der Waals surface area contributed by atoms with Crippen molar-refractivity contribution in [2.24, 2.45) is 11.8 Å². The van der Waals surface area contributed by atoms with E-state index in [4.69, 9.17) is 9.47 Å². The fourth-order valence-corrected chi connectivity index (χ4v) is 6.62. The second-order valence-corrected chi connectivity index (χ2v) is 13.8. The number of likely N-dealkylation sites (tertiary alicyclic amines) is 1. The molecule has 1 saturated heterocycles. The Balaban J connectivity index is 1.72. The van der Waals surface area contributed by atoms with Gasteiger partial charge in [0.1, 0.15) is 37.9 Å². The lowest BCUT2D eigenvalue weighted by Gasteiger charge is -2.35. The zero-order valence-corrected chi connectivity index (χ0v) is 30.7. The first-order chi connectivity index (χ1) is 24.9. The summed E-state index contributed by atoms with van der Waals surface area (Å²) in [6.45, 7) is 8.82. The van der Waals surface area contributed by atoms with E-state index in [1.54, 1.807) is 6.92 Å². The van der Waals surface area contributed by atoms with E-state index in [1.807, 2.05) is 44.2 Å². The molecule has 1 unspecified atom stereocenters. The van der Waals surface area contributed by atoms with E-state index in [0.29, 0.717) is 38.5 Å². The van der Waals surface area contributed by atoms with Gasteiger partial charge >= 0.3 is 12.1 Å².